The van der Waals surface area contributed by atoms with Crippen molar-refractivity contribution in [2.24, 2.45) is 0 Å². The summed E-state index contributed by atoms with van der Waals surface area (Å²) in [6.45, 7) is 2.00. The molecule has 0 saturated carbocycles. The number of hydrogen-bond acceptors (Lipinski definition) is 3. The normalized spacial score (nSPS) is 8.06. The summed E-state index contributed by atoms with van der Waals surface area (Å²) in [6.07, 6.45) is 1.14. The van der Waals surface area contributed by atoms with Crippen LogP contribution in [0.1, 0.15) is 32.6 Å². The molecule has 4 nitrogen and oxygen atoms in total. The number of ether oxygens (including phenoxy) is 1. The lowest BCUT2D eigenvalue weighted by Crippen LogP contribution is -2.02. The van der Waals surface area contributed by atoms with E-state index in [0.29, 0.717) is 19.3 Å². The van der Waals surface area contributed by atoms with Gasteiger partial charge < -0.3 is 9.84 Å². The average Bonchev–Trinajstić information content (AvgIpc) is 2.26. The summed E-state index contributed by atoms with van der Waals surface area (Å²) in [5, 5.41) is 8.31. The molecule has 0 aromatic rings. The minimum atomic E-state index is -0.867. The van der Waals surface area contributed by atoms with Crippen molar-refractivity contribution in [3.63, 3.8) is 0 Å². The molecule has 0 aliphatic heterocycles. The van der Waals surface area contributed by atoms with Gasteiger partial charge in [-0.05, 0) is 11.8 Å². The third-order valence-corrected chi connectivity index (χ3v) is 1.48. The van der Waals surface area contributed by atoms with E-state index in [2.05, 4.69) is 23.7 Å². The first kappa shape index (κ1) is 14.1. The van der Waals surface area contributed by atoms with Gasteiger partial charge in [-0.15, -0.1) is 0 Å². The number of esters is 1. The Bertz CT molecular complexity index is 349. The lowest BCUT2D eigenvalue weighted by Gasteiger charge is -1.97. The molecular formula is C12H14O4. The smallest absolute Gasteiger partial charge is 0.305 e. The minimum Gasteiger partial charge on any atom is -0.481 e. The van der Waals surface area contributed by atoms with Gasteiger partial charge in [0.25, 0.3) is 0 Å². The molecule has 0 rings (SSSR count). The van der Waals surface area contributed by atoms with Gasteiger partial charge in [0.05, 0.1) is 6.42 Å². The lowest BCUT2D eigenvalue weighted by atomic mass is 10.3. The highest BCUT2D eigenvalue weighted by Gasteiger charge is 1.94. The fraction of sp³-hybridized carbons (Fsp3) is 0.500. The molecule has 0 amide bonds. The molecule has 0 aromatic heterocycles. The summed E-state index contributed by atoms with van der Waals surface area (Å²) in [4.78, 5) is 20.8. The summed E-state index contributed by atoms with van der Waals surface area (Å²) in [6, 6.07) is 0. The number of carbonyl (C=O) groups is 2. The standard InChI is InChI=1S/C12H14O4/c1-2-12(15)16-10-8-6-4-3-5-7-9-11(13)14/h2,7-10H2,1H3,(H,13,14). The largest absolute Gasteiger partial charge is 0.481 e. The van der Waals surface area contributed by atoms with Crippen LogP contribution in [0.3, 0.4) is 0 Å². The van der Waals surface area contributed by atoms with Gasteiger partial charge in [-0.3, -0.25) is 9.59 Å². The van der Waals surface area contributed by atoms with Crippen LogP contribution >= 0.6 is 0 Å². The minimum absolute atomic E-state index is 0.0305. The van der Waals surface area contributed by atoms with Gasteiger partial charge in [-0.2, -0.15) is 0 Å². The van der Waals surface area contributed by atoms with Gasteiger partial charge in [-0.1, -0.05) is 18.8 Å². The Balaban J connectivity index is 3.54. The fourth-order valence-corrected chi connectivity index (χ4v) is 0.701. The number of carboxylic acid groups (broad SMARTS) is 1. The van der Waals surface area contributed by atoms with Crippen molar-refractivity contribution in [2.75, 3.05) is 6.61 Å². The number of hydrogen-bond donors (Lipinski definition) is 1. The van der Waals surface area contributed by atoms with E-state index < -0.39 is 5.97 Å². The molecule has 0 heterocycles. The van der Waals surface area contributed by atoms with Crippen molar-refractivity contribution in [3.8, 4) is 23.7 Å². The second-order valence-corrected chi connectivity index (χ2v) is 2.82. The molecule has 86 valence electrons. The molecule has 0 bridgehead atoms. The molecule has 0 aromatic carbocycles. The Morgan fingerprint density at radius 2 is 1.81 bits per heavy atom. The van der Waals surface area contributed by atoms with Crippen LogP contribution in [0.5, 0.6) is 0 Å². The van der Waals surface area contributed by atoms with Crippen LogP contribution in [0.25, 0.3) is 0 Å². The average molecular weight is 222 g/mol. The van der Waals surface area contributed by atoms with Crippen LogP contribution in [-0.2, 0) is 14.3 Å². The predicted molar refractivity (Wildman–Crippen MR) is 58.3 cm³/mol. The number of carbonyl (C=O) groups excluding carboxylic acids is 1. The summed E-state index contributed by atoms with van der Waals surface area (Å²) in [7, 11) is 0. The lowest BCUT2D eigenvalue weighted by molar-refractivity contribution is -0.143. The van der Waals surface area contributed by atoms with E-state index in [1.54, 1.807) is 6.92 Å². The van der Waals surface area contributed by atoms with Crippen LogP contribution < -0.4 is 0 Å². The first-order valence-electron chi connectivity index (χ1n) is 5.00. The summed E-state index contributed by atoms with van der Waals surface area (Å²) in [5.41, 5.74) is 0. The maximum atomic E-state index is 10.7. The molecule has 0 aliphatic carbocycles. The van der Waals surface area contributed by atoms with Crippen molar-refractivity contribution in [3.05, 3.63) is 0 Å². The molecule has 0 saturated heterocycles. The Morgan fingerprint density at radius 3 is 2.38 bits per heavy atom. The van der Waals surface area contributed by atoms with E-state index in [1.165, 1.54) is 0 Å². The van der Waals surface area contributed by atoms with E-state index in [1.807, 2.05) is 0 Å². The number of carboxylic acids is 1. The summed E-state index contributed by atoms with van der Waals surface area (Å²) in [5.74, 6) is 9.30. The Hall–Kier alpha value is -1.94. The zero-order valence-electron chi connectivity index (χ0n) is 9.21. The van der Waals surface area contributed by atoms with Crippen molar-refractivity contribution in [1.29, 1.82) is 0 Å². The zero-order valence-corrected chi connectivity index (χ0v) is 9.21. The molecule has 0 aliphatic rings. The number of aliphatic carboxylic acids is 1. The molecule has 0 unspecified atom stereocenters. The summed E-state index contributed by atoms with van der Waals surface area (Å²) < 4.78 is 4.78. The van der Waals surface area contributed by atoms with E-state index in [-0.39, 0.29) is 19.0 Å². The van der Waals surface area contributed by atoms with Crippen molar-refractivity contribution in [1.82, 2.24) is 0 Å². The Labute approximate surface area is 95.0 Å². The SMILES string of the molecule is CCC(=O)OCCC#CC#CCCC(=O)O. The molecule has 0 radical (unpaired) electrons. The van der Waals surface area contributed by atoms with Crippen LogP contribution in [0.2, 0.25) is 0 Å². The van der Waals surface area contributed by atoms with Crippen molar-refractivity contribution in [2.45, 2.75) is 32.6 Å². The highest BCUT2D eigenvalue weighted by molar-refractivity contribution is 5.68. The van der Waals surface area contributed by atoms with E-state index in [4.69, 9.17) is 9.84 Å². The first-order valence-corrected chi connectivity index (χ1v) is 5.00. The topological polar surface area (TPSA) is 63.6 Å². The second kappa shape index (κ2) is 9.61. The van der Waals surface area contributed by atoms with E-state index in [9.17, 15) is 9.59 Å². The molecular weight excluding hydrogens is 208 g/mol. The van der Waals surface area contributed by atoms with Crippen LogP contribution in [0.4, 0.5) is 0 Å². The first-order chi connectivity index (χ1) is 7.66. The van der Waals surface area contributed by atoms with Crippen LogP contribution in [-0.4, -0.2) is 23.7 Å². The predicted octanol–water partition coefficient (Wildman–Crippen LogP) is 1.20. The van der Waals surface area contributed by atoms with E-state index in [0.717, 1.165) is 0 Å². The van der Waals surface area contributed by atoms with Crippen molar-refractivity contribution < 1.29 is 19.4 Å². The maximum absolute atomic E-state index is 10.7. The van der Waals surface area contributed by atoms with E-state index >= 15 is 0 Å². The molecule has 4 heteroatoms. The molecule has 0 spiro atoms. The molecule has 16 heavy (non-hydrogen) atoms. The Kier molecular flexibility index (Phi) is 8.44. The second-order valence-electron chi connectivity index (χ2n) is 2.82. The van der Waals surface area contributed by atoms with Crippen LogP contribution in [0, 0.1) is 23.7 Å². The quantitative estimate of drug-likeness (QED) is 0.431. The van der Waals surface area contributed by atoms with Gasteiger partial charge >= 0.3 is 11.9 Å². The summed E-state index contributed by atoms with van der Waals surface area (Å²) >= 11 is 0. The highest BCUT2D eigenvalue weighted by Crippen LogP contribution is 1.86. The van der Waals surface area contributed by atoms with Gasteiger partial charge in [0.1, 0.15) is 6.61 Å². The zero-order chi connectivity index (χ0) is 12.2. The van der Waals surface area contributed by atoms with Gasteiger partial charge in [-0.25, -0.2) is 0 Å². The molecule has 1 N–H and O–H groups in total. The van der Waals surface area contributed by atoms with Gasteiger partial charge in [0.2, 0.25) is 0 Å². The number of rotatable bonds is 5. The fourth-order valence-electron chi connectivity index (χ4n) is 0.701. The Morgan fingerprint density at radius 1 is 1.19 bits per heavy atom. The maximum Gasteiger partial charge on any atom is 0.305 e. The van der Waals surface area contributed by atoms with Crippen molar-refractivity contribution >= 4 is 11.9 Å². The van der Waals surface area contributed by atoms with Gasteiger partial charge in [0.15, 0.2) is 0 Å². The molecule has 0 atom stereocenters. The van der Waals surface area contributed by atoms with Crippen LogP contribution in [0.15, 0.2) is 0 Å². The highest BCUT2D eigenvalue weighted by atomic mass is 16.5. The third kappa shape index (κ3) is 10.1. The molecule has 0 fully saturated rings. The van der Waals surface area contributed by atoms with Gasteiger partial charge in [0, 0.05) is 19.3 Å². The monoisotopic (exact) mass is 222 g/mol. The third-order valence-electron chi connectivity index (χ3n) is 1.48.